The second-order valence-corrected chi connectivity index (χ2v) is 8.51. The molecule has 0 bridgehead atoms. The predicted molar refractivity (Wildman–Crippen MR) is 105 cm³/mol. The van der Waals surface area contributed by atoms with Crippen LogP contribution in [0.1, 0.15) is 12.5 Å². The summed E-state index contributed by atoms with van der Waals surface area (Å²) in [5.74, 6) is 0.464. The molecule has 1 aliphatic heterocycles. The monoisotopic (exact) mass is 394 g/mol. The Labute approximate surface area is 160 Å². The van der Waals surface area contributed by atoms with Gasteiger partial charge in [0.2, 0.25) is 10.0 Å². The van der Waals surface area contributed by atoms with Gasteiger partial charge in [-0.15, -0.1) is 0 Å². The number of para-hydroxylation sites is 1. The number of nitrogens with zero attached hydrogens (tertiary/aromatic N) is 2. The Morgan fingerprint density at radius 3 is 2.38 bits per heavy atom. The second kappa shape index (κ2) is 7.86. The molecule has 1 aliphatic rings. The van der Waals surface area contributed by atoms with Crippen molar-refractivity contribution in [3.8, 4) is 5.75 Å². The quantitative estimate of drug-likeness (QED) is 0.779. The zero-order chi connectivity index (χ0) is 18.7. The molecule has 1 saturated heterocycles. The van der Waals surface area contributed by atoms with Crippen molar-refractivity contribution in [2.45, 2.75) is 18.2 Å². The van der Waals surface area contributed by atoms with Gasteiger partial charge in [0.15, 0.2) is 0 Å². The molecule has 0 atom stereocenters. The molecule has 0 amide bonds. The summed E-state index contributed by atoms with van der Waals surface area (Å²) in [5, 5.41) is 0.295. The number of benzene rings is 2. The molecule has 1 fully saturated rings. The fourth-order valence-electron chi connectivity index (χ4n) is 3.24. The minimum atomic E-state index is -3.56. The van der Waals surface area contributed by atoms with Gasteiger partial charge in [-0.25, -0.2) is 8.42 Å². The van der Waals surface area contributed by atoms with Gasteiger partial charge >= 0.3 is 0 Å². The molecule has 3 rings (SSSR count). The summed E-state index contributed by atoms with van der Waals surface area (Å²) >= 11 is 6.09. The highest BCUT2D eigenvalue weighted by molar-refractivity contribution is 7.89. The highest BCUT2D eigenvalue weighted by Crippen LogP contribution is 2.29. The average Bonchev–Trinajstić information content (AvgIpc) is 2.68. The Hall–Kier alpha value is -1.76. The molecule has 2 aromatic carbocycles. The van der Waals surface area contributed by atoms with E-state index in [1.165, 1.54) is 28.7 Å². The van der Waals surface area contributed by atoms with Crippen molar-refractivity contribution >= 4 is 27.3 Å². The van der Waals surface area contributed by atoms with E-state index in [-0.39, 0.29) is 4.90 Å². The first-order valence-electron chi connectivity index (χ1n) is 8.64. The van der Waals surface area contributed by atoms with Gasteiger partial charge in [-0.1, -0.05) is 36.7 Å². The molecule has 1 heterocycles. The Morgan fingerprint density at radius 1 is 1.08 bits per heavy atom. The van der Waals surface area contributed by atoms with Gasteiger partial charge in [-0.3, -0.25) is 0 Å². The molecule has 0 N–H and O–H groups in total. The van der Waals surface area contributed by atoms with E-state index in [0.717, 1.165) is 6.42 Å². The first kappa shape index (κ1) is 19.0. The lowest BCUT2D eigenvalue weighted by atomic mass is 10.1. The number of sulfonamides is 1. The maximum absolute atomic E-state index is 12.9. The molecule has 0 unspecified atom stereocenters. The van der Waals surface area contributed by atoms with Crippen molar-refractivity contribution in [2.24, 2.45) is 0 Å². The van der Waals surface area contributed by atoms with Crippen molar-refractivity contribution in [3.63, 3.8) is 0 Å². The Balaban J connectivity index is 1.75. The Kier molecular flexibility index (Phi) is 5.75. The first-order valence-corrected chi connectivity index (χ1v) is 10.5. The molecule has 140 valence electrons. The lowest BCUT2D eigenvalue weighted by Crippen LogP contribution is -2.48. The van der Waals surface area contributed by atoms with Crippen LogP contribution in [0.3, 0.4) is 0 Å². The van der Waals surface area contributed by atoms with Crippen LogP contribution >= 0.6 is 11.6 Å². The maximum Gasteiger partial charge on any atom is 0.243 e. The van der Waals surface area contributed by atoms with Crippen LogP contribution in [-0.4, -0.2) is 46.0 Å². The van der Waals surface area contributed by atoms with Crippen LogP contribution < -0.4 is 9.64 Å². The number of methoxy groups -OCH3 is 1. The van der Waals surface area contributed by atoms with Crippen LogP contribution in [-0.2, 0) is 16.4 Å². The predicted octanol–water partition coefficient (Wildman–Crippen LogP) is 3.42. The number of halogens is 1. The number of rotatable bonds is 5. The summed E-state index contributed by atoms with van der Waals surface area (Å²) in [6, 6.07) is 12.9. The van der Waals surface area contributed by atoms with Crippen molar-refractivity contribution in [2.75, 3.05) is 38.2 Å². The molecule has 0 radical (unpaired) electrons. The third-order valence-corrected chi connectivity index (χ3v) is 6.90. The van der Waals surface area contributed by atoms with Gasteiger partial charge in [0.25, 0.3) is 0 Å². The second-order valence-electron chi connectivity index (χ2n) is 6.17. The third kappa shape index (κ3) is 3.68. The third-order valence-electron chi connectivity index (χ3n) is 4.71. The minimum Gasteiger partial charge on any atom is -0.495 e. The fourth-order valence-corrected chi connectivity index (χ4v) is 5.02. The van der Waals surface area contributed by atoms with E-state index < -0.39 is 10.0 Å². The van der Waals surface area contributed by atoms with Gasteiger partial charge in [0.05, 0.1) is 17.0 Å². The number of hydrogen-bond donors (Lipinski definition) is 0. The lowest BCUT2D eigenvalue weighted by molar-refractivity contribution is 0.384. The highest BCUT2D eigenvalue weighted by atomic mass is 35.5. The van der Waals surface area contributed by atoms with Crippen molar-refractivity contribution in [1.82, 2.24) is 4.31 Å². The molecule has 2 aromatic rings. The van der Waals surface area contributed by atoms with Crippen LogP contribution in [0.2, 0.25) is 5.02 Å². The van der Waals surface area contributed by atoms with E-state index in [9.17, 15) is 8.42 Å². The zero-order valence-corrected chi connectivity index (χ0v) is 16.6. The average molecular weight is 395 g/mol. The standard InChI is InChI=1S/C19H23ClN2O3S/c1-3-15-6-4-5-7-18(15)21-10-12-22(13-11-21)26(23,24)16-8-9-19(25-2)17(20)14-16/h4-9,14H,3,10-13H2,1-2H3. The lowest BCUT2D eigenvalue weighted by Gasteiger charge is -2.36. The topological polar surface area (TPSA) is 49.9 Å². The molecule has 26 heavy (non-hydrogen) atoms. The number of ether oxygens (including phenoxy) is 1. The van der Waals surface area contributed by atoms with Crippen LogP contribution in [0, 0.1) is 0 Å². The largest absolute Gasteiger partial charge is 0.495 e. The maximum atomic E-state index is 12.9. The van der Waals surface area contributed by atoms with Crippen LogP contribution in [0.15, 0.2) is 47.4 Å². The minimum absolute atomic E-state index is 0.200. The van der Waals surface area contributed by atoms with Gasteiger partial charge in [-0.05, 0) is 36.2 Å². The smallest absolute Gasteiger partial charge is 0.243 e. The normalized spacial score (nSPS) is 15.9. The summed E-state index contributed by atoms with van der Waals surface area (Å²) in [7, 11) is -2.06. The molecular formula is C19H23ClN2O3S. The zero-order valence-electron chi connectivity index (χ0n) is 15.0. The number of anilines is 1. The Morgan fingerprint density at radius 2 is 1.77 bits per heavy atom. The molecular weight excluding hydrogens is 372 g/mol. The number of piperazine rings is 1. The summed E-state index contributed by atoms with van der Waals surface area (Å²) in [4.78, 5) is 2.46. The van der Waals surface area contributed by atoms with Gasteiger partial charge in [0.1, 0.15) is 5.75 Å². The highest BCUT2D eigenvalue weighted by Gasteiger charge is 2.29. The Bertz CT molecular complexity index is 878. The fraction of sp³-hybridized carbons (Fsp3) is 0.368. The molecule has 7 heteroatoms. The van der Waals surface area contributed by atoms with Crippen molar-refractivity contribution in [3.05, 3.63) is 53.1 Å². The van der Waals surface area contributed by atoms with E-state index in [0.29, 0.717) is 37.0 Å². The van der Waals surface area contributed by atoms with Crippen LogP contribution in [0.5, 0.6) is 5.75 Å². The molecule has 5 nitrogen and oxygen atoms in total. The number of aryl methyl sites for hydroxylation is 1. The summed E-state index contributed by atoms with van der Waals surface area (Å²) in [5.41, 5.74) is 2.48. The van der Waals surface area contributed by atoms with Crippen LogP contribution in [0.4, 0.5) is 5.69 Å². The van der Waals surface area contributed by atoms with Gasteiger partial charge < -0.3 is 9.64 Å². The van der Waals surface area contributed by atoms with E-state index in [1.54, 1.807) is 12.1 Å². The molecule has 0 aliphatic carbocycles. The van der Waals surface area contributed by atoms with E-state index >= 15 is 0 Å². The molecule has 0 spiro atoms. The summed E-state index contributed by atoms with van der Waals surface area (Å²) in [6.45, 7) is 4.36. The van der Waals surface area contributed by atoms with E-state index in [1.807, 2.05) is 12.1 Å². The summed E-state index contributed by atoms with van der Waals surface area (Å²) in [6.07, 6.45) is 0.957. The van der Waals surface area contributed by atoms with Crippen LogP contribution in [0.25, 0.3) is 0 Å². The van der Waals surface area contributed by atoms with E-state index in [2.05, 4.69) is 24.0 Å². The summed E-state index contributed by atoms with van der Waals surface area (Å²) < 4.78 is 32.4. The number of hydrogen-bond acceptors (Lipinski definition) is 4. The van der Waals surface area contributed by atoms with Crippen molar-refractivity contribution in [1.29, 1.82) is 0 Å². The van der Waals surface area contributed by atoms with Gasteiger partial charge in [0, 0.05) is 31.9 Å². The molecule has 0 saturated carbocycles. The van der Waals surface area contributed by atoms with Gasteiger partial charge in [-0.2, -0.15) is 4.31 Å². The SMILES string of the molecule is CCc1ccccc1N1CCN(S(=O)(=O)c2ccc(OC)c(Cl)c2)CC1. The van der Waals surface area contributed by atoms with E-state index in [4.69, 9.17) is 16.3 Å². The molecule has 0 aromatic heterocycles. The first-order chi connectivity index (χ1) is 12.5. The van der Waals surface area contributed by atoms with Crippen molar-refractivity contribution < 1.29 is 13.2 Å².